The molecule has 0 heterocycles. The van der Waals surface area contributed by atoms with Gasteiger partial charge in [-0.3, -0.25) is 4.79 Å². The number of carbonyl (C=O) groups is 1. The highest BCUT2D eigenvalue weighted by molar-refractivity contribution is 5.66. The van der Waals surface area contributed by atoms with Crippen LogP contribution in [0.5, 0.6) is 0 Å². The van der Waals surface area contributed by atoms with Gasteiger partial charge < -0.3 is 10.2 Å². The molecule has 0 aromatic carbocycles. The molecule has 164 valence electrons. The molecule has 0 saturated heterocycles. The SMILES string of the molecule is C.C.CC12CCC3C(CC(O)C4CCCCC43C)C1CCC2CCCC(=O)O. The Morgan fingerprint density at radius 1 is 0.929 bits per heavy atom. The largest absolute Gasteiger partial charge is 0.481 e. The Morgan fingerprint density at radius 2 is 1.64 bits per heavy atom. The Labute approximate surface area is 173 Å². The molecule has 0 aromatic heterocycles. The molecule has 0 amide bonds. The maximum absolute atomic E-state index is 11.0. The van der Waals surface area contributed by atoms with Crippen LogP contribution in [0.15, 0.2) is 0 Å². The van der Waals surface area contributed by atoms with Crippen molar-refractivity contribution < 1.29 is 15.0 Å². The Kier molecular flexibility index (Phi) is 7.33. The van der Waals surface area contributed by atoms with Crippen LogP contribution in [0.4, 0.5) is 0 Å². The maximum atomic E-state index is 11.0. The minimum Gasteiger partial charge on any atom is -0.481 e. The van der Waals surface area contributed by atoms with Crippen molar-refractivity contribution in [1.29, 1.82) is 0 Å². The minimum atomic E-state index is -0.653. The molecule has 4 aliphatic rings. The van der Waals surface area contributed by atoms with E-state index in [2.05, 4.69) is 13.8 Å². The first-order valence-electron chi connectivity index (χ1n) is 11.3. The summed E-state index contributed by atoms with van der Waals surface area (Å²) in [6, 6.07) is 0. The van der Waals surface area contributed by atoms with E-state index in [0.29, 0.717) is 35.0 Å². The van der Waals surface area contributed by atoms with Gasteiger partial charge in [-0.25, -0.2) is 0 Å². The first kappa shape index (κ1) is 23.7. The van der Waals surface area contributed by atoms with E-state index >= 15 is 0 Å². The van der Waals surface area contributed by atoms with Crippen LogP contribution in [0, 0.1) is 40.4 Å². The molecule has 8 atom stereocenters. The van der Waals surface area contributed by atoms with E-state index in [-0.39, 0.29) is 21.0 Å². The lowest BCUT2D eigenvalue weighted by molar-refractivity contribution is -0.157. The van der Waals surface area contributed by atoms with Crippen LogP contribution in [0.2, 0.25) is 0 Å². The molecular weight excluding hydrogens is 348 g/mol. The van der Waals surface area contributed by atoms with Crippen molar-refractivity contribution in [1.82, 2.24) is 0 Å². The first-order valence-corrected chi connectivity index (χ1v) is 11.3. The fourth-order valence-electron chi connectivity index (χ4n) is 8.44. The standard InChI is InChI=1S/C23H38O3.2CH4/c1-22-13-11-18-16(14-20(24)19-7-3-4-12-23(18,19)2)17(22)10-9-15(22)6-5-8-21(25)26;;/h15-20,24H,3-14H2,1-2H3,(H,25,26);2*1H4. The van der Waals surface area contributed by atoms with Crippen molar-refractivity contribution in [3.8, 4) is 0 Å². The molecule has 4 rings (SSSR count). The van der Waals surface area contributed by atoms with Crippen molar-refractivity contribution in [2.24, 2.45) is 40.4 Å². The average molecular weight is 395 g/mol. The van der Waals surface area contributed by atoms with Crippen LogP contribution >= 0.6 is 0 Å². The molecule has 3 heteroatoms. The number of aliphatic hydroxyl groups is 1. The summed E-state index contributed by atoms with van der Waals surface area (Å²) < 4.78 is 0. The van der Waals surface area contributed by atoms with Crippen molar-refractivity contribution in [2.45, 2.75) is 112 Å². The maximum Gasteiger partial charge on any atom is 0.303 e. The molecular formula is C25H46O3. The van der Waals surface area contributed by atoms with Crippen LogP contribution in [0.3, 0.4) is 0 Å². The molecule has 0 aromatic rings. The summed E-state index contributed by atoms with van der Waals surface area (Å²) in [4.78, 5) is 10.9. The summed E-state index contributed by atoms with van der Waals surface area (Å²) in [5.74, 6) is 2.85. The van der Waals surface area contributed by atoms with Gasteiger partial charge in [-0.05, 0) is 98.2 Å². The van der Waals surface area contributed by atoms with Crippen molar-refractivity contribution >= 4 is 5.97 Å². The number of carboxylic acids is 1. The highest BCUT2D eigenvalue weighted by atomic mass is 16.4. The molecule has 8 unspecified atom stereocenters. The van der Waals surface area contributed by atoms with Crippen LogP contribution in [0.25, 0.3) is 0 Å². The van der Waals surface area contributed by atoms with E-state index in [9.17, 15) is 9.90 Å². The highest BCUT2D eigenvalue weighted by Crippen LogP contribution is 2.67. The second kappa shape index (κ2) is 8.66. The summed E-state index contributed by atoms with van der Waals surface area (Å²) in [6.45, 7) is 5.02. The third-order valence-corrected chi connectivity index (χ3v) is 9.73. The third kappa shape index (κ3) is 3.66. The predicted molar refractivity (Wildman–Crippen MR) is 116 cm³/mol. The van der Waals surface area contributed by atoms with Gasteiger partial charge in [0.15, 0.2) is 0 Å². The monoisotopic (exact) mass is 394 g/mol. The first-order chi connectivity index (χ1) is 12.4. The lowest BCUT2D eigenvalue weighted by atomic mass is 9.44. The number of aliphatic carboxylic acids is 1. The van der Waals surface area contributed by atoms with E-state index in [1.165, 1.54) is 51.4 Å². The molecule has 0 radical (unpaired) electrons. The van der Waals surface area contributed by atoms with Crippen molar-refractivity contribution in [2.75, 3.05) is 0 Å². The van der Waals surface area contributed by atoms with Gasteiger partial charge in [0.25, 0.3) is 0 Å². The molecule has 28 heavy (non-hydrogen) atoms. The number of aliphatic hydroxyl groups excluding tert-OH is 1. The Morgan fingerprint density at radius 3 is 2.36 bits per heavy atom. The van der Waals surface area contributed by atoms with E-state index < -0.39 is 5.97 Å². The van der Waals surface area contributed by atoms with Gasteiger partial charge in [0.2, 0.25) is 0 Å². The topological polar surface area (TPSA) is 57.5 Å². The van der Waals surface area contributed by atoms with E-state index in [1.807, 2.05) is 0 Å². The van der Waals surface area contributed by atoms with E-state index in [4.69, 9.17) is 5.11 Å². The van der Waals surface area contributed by atoms with Crippen LogP contribution in [-0.4, -0.2) is 22.3 Å². The Balaban J connectivity index is 0.00000140. The Hall–Kier alpha value is -0.570. The number of carboxylic acid groups (broad SMARTS) is 1. The van der Waals surface area contributed by atoms with Crippen LogP contribution < -0.4 is 0 Å². The summed E-state index contributed by atoms with van der Waals surface area (Å²) in [5.41, 5.74) is 0.751. The number of rotatable bonds is 4. The zero-order valence-corrected chi connectivity index (χ0v) is 16.8. The smallest absolute Gasteiger partial charge is 0.303 e. The molecule has 0 spiro atoms. The summed E-state index contributed by atoms with van der Waals surface area (Å²) in [7, 11) is 0. The molecule has 4 aliphatic carbocycles. The van der Waals surface area contributed by atoms with Gasteiger partial charge in [0, 0.05) is 6.42 Å². The molecule has 0 aliphatic heterocycles. The zero-order chi connectivity index (χ0) is 18.5. The minimum absolute atomic E-state index is 0. The van der Waals surface area contributed by atoms with E-state index in [0.717, 1.165) is 31.1 Å². The molecule has 2 N–H and O–H groups in total. The fraction of sp³-hybridized carbons (Fsp3) is 0.960. The number of hydrogen-bond donors (Lipinski definition) is 2. The fourth-order valence-corrected chi connectivity index (χ4v) is 8.44. The predicted octanol–water partition coefficient (Wildman–Crippen LogP) is 6.53. The quantitative estimate of drug-likeness (QED) is 0.569. The van der Waals surface area contributed by atoms with Crippen molar-refractivity contribution in [3.63, 3.8) is 0 Å². The summed E-state index contributed by atoms with van der Waals surface area (Å²) >= 11 is 0. The van der Waals surface area contributed by atoms with Gasteiger partial charge in [0.05, 0.1) is 6.10 Å². The van der Waals surface area contributed by atoms with Gasteiger partial charge in [-0.15, -0.1) is 0 Å². The molecule has 3 nitrogen and oxygen atoms in total. The van der Waals surface area contributed by atoms with Gasteiger partial charge in [-0.1, -0.05) is 41.5 Å². The van der Waals surface area contributed by atoms with E-state index in [1.54, 1.807) is 0 Å². The van der Waals surface area contributed by atoms with Crippen molar-refractivity contribution in [3.05, 3.63) is 0 Å². The average Bonchev–Trinajstić information content (AvgIpc) is 2.91. The van der Waals surface area contributed by atoms with Gasteiger partial charge >= 0.3 is 5.97 Å². The number of hydrogen-bond acceptors (Lipinski definition) is 2. The van der Waals surface area contributed by atoms with Crippen LogP contribution in [-0.2, 0) is 4.79 Å². The molecule has 0 bridgehead atoms. The third-order valence-electron chi connectivity index (χ3n) is 9.73. The van der Waals surface area contributed by atoms with Gasteiger partial charge in [-0.2, -0.15) is 0 Å². The number of fused-ring (bicyclic) bond motifs is 5. The van der Waals surface area contributed by atoms with Gasteiger partial charge in [0.1, 0.15) is 0 Å². The highest BCUT2D eigenvalue weighted by Gasteiger charge is 2.61. The summed E-state index contributed by atoms with van der Waals surface area (Å²) in [6.07, 6.45) is 13.7. The zero-order valence-electron chi connectivity index (χ0n) is 16.8. The van der Waals surface area contributed by atoms with Crippen LogP contribution in [0.1, 0.15) is 106 Å². The second-order valence-corrected chi connectivity index (χ2v) is 10.6. The lowest BCUT2D eigenvalue weighted by Gasteiger charge is -2.61. The lowest BCUT2D eigenvalue weighted by Crippen LogP contribution is -2.56. The normalized spacial score (nSPS) is 47.0. The molecule has 4 saturated carbocycles. The summed E-state index contributed by atoms with van der Waals surface area (Å²) in [5, 5.41) is 20.0. The second-order valence-electron chi connectivity index (χ2n) is 10.6. The molecule has 4 fully saturated rings. The Bertz CT molecular complexity index is 546.